The molecule has 1 aliphatic heterocycles. The van der Waals surface area contributed by atoms with Crippen molar-refractivity contribution < 1.29 is 9.53 Å². The van der Waals surface area contributed by atoms with Gasteiger partial charge in [0.25, 0.3) is 0 Å². The lowest BCUT2D eigenvalue weighted by molar-refractivity contribution is -0.125. The average molecular weight is 281 g/mol. The first kappa shape index (κ1) is 14.9. The lowest BCUT2D eigenvalue weighted by Crippen LogP contribution is -2.55. The van der Waals surface area contributed by atoms with Crippen LogP contribution in [0.5, 0.6) is 0 Å². The maximum atomic E-state index is 12.1. The van der Waals surface area contributed by atoms with Gasteiger partial charge in [0.1, 0.15) is 18.7 Å². The smallest absolute Gasteiger partial charge is 0.244 e. The van der Waals surface area contributed by atoms with Gasteiger partial charge in [-0.1, -0.05) is 0 Å². The molecule has 1 aliphatic rings. The highest BCUT2D eigenvalue weighted by Gasteiger charge is 2.29. The van der Waals surface area contributed by atoms with Crippen LogP contribution in [0.15, 0.2) is 12.7 Å². The van der Waals surface area contributed by atoms with Crippen molar-refractivity contribution in [3.05, 3.63) is 12.7 Å². The predicted octanol–water partition coefficient (Wildman–Crippen LogP) is 0.0661. The molecule has 0 aliphatic carbocycles. The van der Waals surface area contributed by atoms with Gasteiger partial charge in [0.15, 0.2) is 0 Å². The summed E-state index contributed by atoms with van der Waals surface area (Å²) in [5.41, 5.74) is -0.0818. The van der Waals surface area contributed by atoms with E-state index in [9.17, 15) is 4.79 Å². The van der Waals surface area contributed by atoms with Crippen molar-refractivity contribution in [1.29, 1.82) is 0 Å². The van der Waals surface area contributed by atoms with Gasteiger partial charge in [-0.2, -0.15) is 5.10 Å². The summed E-state index contributed by atoms with van der Waals surface area (Å²) in [6.07, 6.45) is 2.98. The van der Waals surface area contributed by atoms with Gasteiger partial charge in [0.05, 0.1) is 13.2 Å². The van der Waals surface area contributed by atoms with Crippen LogP contribution >= 0.6 is 0 Å². The van der Waals surface area contributed by atoms with Crippen LogP contribution in [0.3, 0.4) is 0 Å². The third-order valence-corrected chi connectivity index (χ3v) is 3.78. The van der Waals surface area contributed by atoms with E-state index in [-0.39, 0.29) is 17.5 Å². The minimum atomic E-state index is -0.349. The van der Waals surface area contributed by atoms with Gasteiger partial charge in [-0.15, -0.1) is 0 Å². The van der Waals surface area contributed by atoms with E-state index >= 15 is 0 Å². The summed E-state index contributed by atoms with van der Waals surface area (Å²) in [6, 6.07) is -0.349. The normalized spacial score (nSPS) is 18.8. The number of carbonyl (C=O) groups is 1. The number of nitrogens with one attached hydrogen (secondary N) is 1. The number of morpholine rings is 1. The van der Waals surface area contributed by atoms with Crippen LogP contribution in [0.1, 0.15) is 26.8 Å². The van der Waals surface area contributed by atoms with Crippen molar-refractivity contribution in [1.82, 2.24) is 25.0 Å². The molecule has 1 unspecified atom stereocenters. The maximum absolute atomic E-state index is 12.1. The Morgan fingerprint density at radius 2 is 2.15 bits per heavy atom. The molecule has 1 atom stereocenters. The summed E-state index contributed by atoms with van der Waals surface area (Å²) in [6.45, 7) is 10.0. The van der Waals surface area contributed by atoms with Gasteiger partial charge in [-0.3, -0.25) is 9.69 Å². The third-order valence-electron chi connectivity index (χ3n) is 3.78. The molecule has 7 nitrogen and oxygen atoms in total. The van der Waals surface area contributed by atoms with Crippen molar-refractivity contribution in [2.24, 2.45) is 0 Å². The average Bonchev–Trinajstić information content (AvgIpc) is 2.99. The largest absolute Gasteiger partial charge is 0.379 e. The molecule has 1 N–H and O–H groups in total. The summed E-state index contributed by atoms with van der Waals surface area (Å²) in [7, 11) is 0. The summed E-state index contributed by atoms with van der Waals surface area (Å²) < 4.78 is 6.91. The Balaban J connectivity index is 1.85. The highest BCUT2D eigenvalue weighted by Crippen LogP contribution is 2.15. The molecule has 1 aromatic rings. The molecule has 2 rings (SSSR count). The second-order valence-electron chi connectivity index (χ2n) is 5.68. The quantitative estimate of drug-likeness (QED) is 0.826. The lowest BCUT2D eigenvalue weighted by atomic mass is 10.0. The zero-order chi connectivity index (χ0) is 14.6. The Kier molecular flexibility index (Phi) is 4.72. The topological polar surface area (TPSA) is 72.3 Å². The van der Waals surface area contributed by atoms with E-state index < -0.39 is 0 Å². The van der Waals surface area contributed by atoms with Crippen LogP contribution in [0.4, 0.5) is 0 Å². The van der Waals surface area contributed by atoms with E-state index in [2.05, 4.69) is 34.1 Å². The first-order valence-corrected chi connectivity index (χ1v) is 6.95. The number of hydrogen-bond acceptors (Lipinski definition) is 5. The Morgan fingerprint density at radius 1 is 1.45 bits per heavy atom. The SMILES string of the molecule is CC(C(=O)NCC(C)(C)N1CCOCC1)n1cncn1. The van der Waals surface area contributed by atoms with E-state index in [1.165, 1.54) is 6.33 Å². The molecule has 0 spiro atoms. The van der Waals surface area contributed by atoms with Gasteiger partial charge < -0.3 is 10.1 Å². The zero-order valence-corrected chi connectivity index (χ0v) is 12.4. The van der Waals surface area contributed by atoms with Crippen LogP contribution in [-0.2, 0) is 9.53 Å². The van der Waals surface area contributed by atoms with Gasteiger partial charge in [0.2, 0.25) is 5.91 Å². The maximum Gasteiger partial charge on any atom is 0.244 e. The fourth-order valence-corrected chi connectivity index (χ4v) is 2.27. The molecular formula is C13H23N5O2. The first-order valence-electron chi connectivity index (χ1n) is 6.95. The molecular weight excluding hydrogens is 258 g/mol. The van der Waals surface area contributed by atoms with Crippen molar-refractivity contribution in [2.75, 3.05) is 32.8 Å². The van der Waals surface area contributed by atoms with Gasteiger partial charge in [-0.25, -0.2) is 9.67 Å². The number of amides is 1. The summed E-state index contributed by atoms with van der Waals surface area (Å²) in [5, 5.41) is 6.99. The molecule has 112 valence electrons. The summed E-state index contributed by atoms with van der Waals surface area (Å²) in [5.74, 6) is -0.0446. The van der Waals surface area contributed by atoms with E-state index in [0.717, 1.165) is 26.3 Å². The molecule has 0 bridgehead atoms. The fourth-order valence-electron chi connectivity index (χ4n) is 2.27. The van der Waals surface area contributed by atoms with Gasteiger partial charge >= 0.3 is 0 Å². The Morgan fingerprint density at radius 3 is 2.75 bits per heavy atom. The summed E-state index contributed by atoms with van der Waals surface area (Å²) in [4.78, 5) is 18.3. The van der Waals surface area contributed by atoms with E-state index in [4.69, 9.17) is 4.74 Å². The number of carbonyl (C=O) groups excluding carboxylic acids is 1. The minimum Gasteiger partial charge on any atom is -0.379 e. The number of nitrogens with zero attached hydrogens (tertiary/aromatic N) is 4. The molecule has 2 heterocycles. The molecule has 0 aromatic carbocycles. The van der Waals surface area contributed by atoms with Gasteiger partial charge in [-0.05, 0) is 20.8 Å². The van der Waals surface area contributed by atoms with Crippen LogP contribution in [0.25, 0.3) is 0 Å². The van der Waals surface area contributed by atoms with Crippen LogP contribution < -0.4 is 5.32 Å². The Labute approximate surface area is 119 Å². The lowest BCUT2D eigenvalue weighted by Gasteiger charge is -2.41. The molecule has 0 radical (unpaired) electrons. The molecule has 1 amide bonds. The minimum absolute atomic E-state index is 0.0446. The van der Waals surface area contributed by atoms with E-state index in [1.807, 2.05) is 6.92 Å². The van der Waals surface area contributed by atoms with E-state index in [1.54, 1.807) is 11.0 Å². The van der Waals surface area contributed by atoms with Crippen molar-refractivity contribution in [3.8, 4) is 0 Å². The van der Waals surface area contributed by atoms with Gasteiger partial charge in [0, 0.05) is 25.2 Å². The highest BCUT2D eigenvalue weighted by molar-refractivity contribution is 5.79. The monoisotopic (exact) mass is 281 g/mol. The predicted molar refractivity (Wildman–Crippen MR) is 74.2 cm³/mol. The van der Waals surface area contributed by atoms with Crippen LogP contribution in [-0.4, -0.2) is 64.0 Å². The highest BCUT2D eigenvalue weighted by atomic mass is 16.5. The zero-order valence-electron chi connectivity index (χ0n) is 12.4. The van der Waals surface area contributed by atoms with Crippen LogP contribution in [0, 0.1) is 0 Å². The second kappa shape index (κ2) is 6.32. The number of rotatable bonds is 5. The third kappa shape index (κ3) is 3.55. The van der Waals surface area contributed by atoms with Crippen molar-refractivity contribution in [2.45, 2.75) is 32.4 Å². The number of ether oxygens (including phenoxy) is 1. The Bertz CT molecular complexity index is 426. The number of aromatic nitrogens is 3. The molecule has 1 saturated heterocycles. The molecule has 20 heavy (non-hydrogen) atoms. The standard InChI is InChI=1S/C13H23N5O2/c1-11(18-10-14-9-16-18)12(19)15-8-13(2,3)17-4-6-20-7-5-17/h9-11H,4-8H2,1-3H3,(H,15,19). The summed E-state index contributed by atoms with van der Waals surface area (Å²) >= 11 is 0. The molecule has 0 saturated carbocycles. The first-order chi connectivity index (χ1) is 9.50. The number of hydrogen-bond donors (Lipinski definition) is 1. The van der Waals surface area contributed by atoms with Crippen molar-refractivity contribution in [3.63, 3.8) is 0 Å². The molecule has 1 fully saturated rings. The molecule has 7 heteroatoms. The molecule has 1 aromatic heterocycles. The Hall–Kier alpha value is -1.47. The fraction of sp³-hybridized carbons (Fsp3) is 0.769. The van der Waals surface area contributed by atoms with Crippen molar-refractivity contribution >= 4 is 5.91 Å². The van der Waals surface area contributed by atoms with E-state index in [0.29, 0.717) is 6.54 Å². The van der Waals surface area contributed by atoms with Crippen LogP contribution in [0.2, 0.25) is 0 Å². The second-order valence-corrected chi connectivity index (χ2v) is 5.68.